The minimum Gasteiger partial charge on any atom is -0.334 e. The Labute approximate surface area is 497 Å². The molecule has 0 bridgehead atoms. The molecule has 4 aliphatic carbocycles. The lowest BCUT2D eigenvalue weighted by molar-refractivity contribution is 0.195. The Morgan fingerprint density at radius 1 is 0.410 bits per heavy atom. The molecule has 0 saturated heterocycles. The average Bonchev–Trinajstić information content (AvgIpc) is 1.59. The Hall–Kier alpha value is -6.78. The van der Waals surface area contributed by atoms with E-state index in [-0.39, 0.29) is 50.2 Å². The molecule has 0 amide bonds. The van der Waals surface area contributed by atoms with Crippen LogP contribution in [0.3, 0.4) is 0 Å². The van der Waals surface area contributed by atoms with Gasteiger partial charge < -0.3 is 14.7 Å². The van der Waals surface area contributed by atoms with Crippen LogP contribution in [0.1, 0.15) is 209 Å². The Morgan fingerprint density at radius 2 is 0.976 bits per heavy atom. The molecule has 0 spiro atoms. The number of hydrogen-bond donors (Lipinski definition) is 0. The lowest BCUT2D eigenvalue weighted by Gasteiger charge is -2.51. The Kier molecular flexibility index (Phi) is 10.7. The van der Waals surface area contributed by atoms with Crippen LogP contribution < -0.4 is 31.1 Å². The van der Waals surface area contributed by atoms with Crippen molar-refractivity contribution in [2.45, 2.75) is 200 Å². The molecular formula is C79H86BN3. The van der Waals surface area contributed by atoms with Crippen LogP contribution in [0.25, 0.3) is 11.1 Å². The van der Waals surface area contributed by atoms with Crippen molar-refractivity contribution in [1.82, 2.24) is 0 Å². The fourth-order valence-corrected chi connectivity index (χ4v) is 18.2. The molecule has 3 aliphatic heterocycles. The Bertz CT molecular complexity index is 4160. The van der Waals surface area contributed by atoms with Crippen molar-refractivity contribution < 1.29 is 0 Å². The molecule has 2 atom stereocenters. The minimum atomic E-state index is -0.231. The molecule has 4 heteroatoms. The van der Waals surface area contributed by atoms with E-state index in [1.165, 1.54) is 172 Å². The summed E-state index contributed by atoms with van der Waals surface area (Å²) in [6.45, 7) is 41.8. The molecule has 7 aliphatic rings. The van der Waals surface area contributed by atoms with Crippen molar-refractivity contribution in [2.24, 2.45) is 0 Å². The molecule has 0 radical (unpaired) electrons. The minimum absolute atomic E-state index is 0.00453. The van der Waals surface area contributed by atoms with Gasteiger partial charge in [0.1, 0.15) is 0 Å². The summed E-state index contributed by atoms with van der Waals surface area (Å²) in [7, 11) is 0. The van der Waals surface area contributed by atoms with E-state index in [9.17, 15) is 0 Å². The van der Waals surface area contributed by atoms with E-state index in [0.29, 0.717) is 0 Å². The third kappa shape index (κ3) is 6.87. The summed E-state index contributed by atoms with van der Waals surface area (Å²) in [6, 6.07) is 56.9. The topological polar surface area (TPSA) is 9.72 Å². The van der Waals surface area contributed by atoms with Gasteiger partial charge in [-0.25, -0.2) is 0 Å². The number of fused-ring (bicyclic) bond motifs is 13. The van der Waals surface area contributed by atoms with E-state index in [0.717, 1.165) is 6.42 Å². The number of anilines is 8. The van der Waals surface area contributed by atoms with Crippen molar-refractivity contribution in [2.75, 3.05) is 14.7 Å². The zero-order chi connectivity index (χ0) is 58.2. The summed E-state index contributed by atoms with van der Waals surface area (Å²) < 4.78 is 0. The van der Waals surface area contributed by atoms with Crippen LogP contribution in [0.4, 0.5) is 45.5 Å². The molecule has 420 valence electrons. The Balaban J connectivity index is 1.06. The number of nitrogens with zero attached hydrogens (tertiary/aromatic N) is 3. The third-order valence-electron chi connectivity index (χ3n) is 23.4. The first-order chi connectivity index (χ1) is 39.1. The lowest BCUT2D eigenvalue weighted by Crippen LogP contribution is -2.62. The van der Waals surface area contributed by atoms with Crippen LogP contribution >= 0.6 is 0 Å². The zero-order valence-electron chi connectivity index (χ0n) is 52.9. The second-order valence-corrected chi connectivity index (χ2v) is 31.3. The molecule has 2 unspecified atom stereocenters. The molecule has 1 fully saturated rings. The van der Waals surface area contributed by atoms with Gasteiger partial charge in [-0.3, -0.25) is 0 Å². The molecule has 8 aromatic rings. The van der Waals surface area contributed by atoms with E-state index in [4.69, 9.17) is 0 Å². The van der Waals surface area contributed by atoms with Crippen LogP contribution in [0.2, 0.25) is 0 Å². The van der Waals surface area contributed by atoms with Crippen molar-refractivity contribution in [3.8, 4) is 11.1 Å². The van der Waals surface area contributed by atoms with Crippen molar-refractivity contribution in [3.05, 3.63) is 206 Å². The van der Waals surface area contributed by atoms with Crippen LogP contribution in [-0.4, -0.2) is 12.3 Å². The fourth-order valence-electron chi connectivity index (χ4n) is 18.2. The maximum atomic E-state index is 2.83. The van der Waals surface area contributed by atoms with E-state index < -0.39 is 0 Å². The number of aryl methyl sites for hydroxylation is 2. The van der Waals surface area contributed by atoms with Crippen molar-refractivity contribution in [3.63, 3.8) is 0 Å². The molecule has 83 heavy (non-hydrogen) atoms. The Morgan fingerprint density at radius 3 is 1.65 bits per heavy atom. The van der Waals surface area contributed by atoms with E-state index in [1.807, 2.05) is 0 Å². The summed E-state index contributed by atoms with van der Waals surface area (Å²) in [5.74, 6) is 0. The summed E-state index contributed by atoms with van der Waals surface area (Å²) in [5, 5.41) is 0. The maximum absolute atomic E-state index is 2.83. The monoisotopic (exact) mass is 1090 g/mol. The van der Waals surface area contributed by atoms with Crippen LogP contribution in [0, 0.1) is 13.8 Å². The highest BCUT2D eigenvalue weighted by Gasteiger charge is 2.58. The van der Waals surface area contributed by atoms with Gasteiger partial charge >= 0.3 is 0 Å². The average molecular weight is 1090 g/mol. The zero-order valence-corrected chi connectivity index (χ0v) is 52.9. The van der Waals surface area contributed by atoms with Gasteiger partial charge in [0.25, 0.3) is 6.71 Å². The van der Waals surface area contributed by atoms with Gasteiger partial charge in [-0.05, 0) is 200 Å². The second-order valence-electron chi connectivity index (χ2n) is 31.3. The van der Waals surface area contributed by atoms with Crippen molar-refractivity contribution in [1.29, 1.82) is 0 Å². The molecule has 3 heterocycles. The summed E-state index contributed by atoms with van der Waals surface area (Å²) in [5.41, 5.74) is 33.8. The van der Waals surface area contributed by atoms with Gasteiger partial charge in [-0.15, -0.1) is 0 Å². The number of benzene rings is 8. The first-order valence-electron chi connectivity index (χ1n) is 31.6. The van der Waals surface area contributed by atoms with Gasteiger partial charge in [0, 0.05) is 67.0 Å². The standard InChI is InChI=1S/C79H86BN3/c1-47-39-68-71-69(40-47)82(65-45-57-56(41-48(65)2)73(6,7)37-38-74(57,8)9)67-46-59-58(76(12,13)53-27-20-21-28-54(53)77(59,14)15)44-62(67)80(71)61-33-32-50(83-63-34-31-49(72(3,4)5)42-60(63)78(16)35-22-23-36-79(78,83)17)43-66(61)81(68)64-30-24-29-55-70(64)51-25-18-19-26-52(51)75(55,10)11/h18-21,24-34,39-46H,22-23,35-38H2,1-17H3. The highest BCUT2D eigenvalue weighted by Crippen LogP contribution is 2.63. The van der Waals surface area contributed by atoms with Gasteiger partial charge in [0.2, 0.25) is 0 Å². The normalized spacial score (nSPS) is 22.7. The molecule has 15 rings (SSSR count). The summed E-state index contributed by atoms with van der Waals surface area (Å²) in [4.78, 5) is 8.35. The molecule has 3 nitrogen and oxygen atoms in total. The van der Waals surface area contributed by atoms with Crippen LogP contribution in [-0.2, 0) is 37.9 Å². The summed E-state index contributed by atoms with van der Waals surface area (Å²) >= 11 is 0. The molecule has 0 aromatic heterocycles. The van der Waals surface area contributed by atoms with E-state index in [1.54, 1.807) is 0 Å². The lowest BCUT2D eigenvalue weighted by atomic mass is 9.33. The number of rotatable bonds is 3. The predicted octanol–water partition coefficient (Wildman–Crippen LogP) is 19.0. The van der Waals surface area contributed by atoms with Gasteiger partial charge in [0.05, 0.1) is 11.2 Å². The molecule has 1 saturated carbocycles. The fraction of sp³-hybridized carbons (Fsp3) is 0.392. The maximum Gasteiger partial charge on any atom is 0.252 e. The van der Waals surface area contributed by atoms with Gasteiger partial charge in [-0.1, -0.05) is 201 Å². The quantitative estimate of drug-likeness (QED) is 0.163. The molecular weight excluding hydrogens is 1000 g/mol. The van der Waals surface area contributed by atoms with Crippen molar-refractivity contribution >= 4 is 68.6 Å². The van der Waals surface area contributed by atoms with E-state index in [2.05, 4.69) is 272 Å². The first-order valence-corrected chi connectivity index (χ1v) is 31.6. The number of hydrogen-bond acceptors (Lipinski definition) is 3. The molecule has 0 N–H and O–H groups in total. The SMILES string of the molecule is Cc1cc2c3c(c1)N(c1cccc4c1-c1ccccc1C4(C)C)c1cc(N4c5ccc(C(C)(C)C)cc5C5(C)CCCCC45C)ccc1B3c1cc3c(cc1N2c1cc2c(cc1C)C(C)(C)CCC2(C)C)C(C)(C)c1ccccc1C3(C)C. The van der Waals surface area contributed by atoms with Crippen LogP contribution in [0.5, 0.6) is 0 Å². The summed E-state index contributed by atoms with van der Waals surface area (Å²) in [6.07, 6.45) is 7.18. The second kappa shape index (κ2) is 16.8. The predicted molar refractivity (Wildman–Crippen MR) is 355 cm³/mol. The highest BCUT2D eigenvalue weighted by molar-refractivity contribution is 7.00. The molecule has 8 aromatic carbocycles. The first kappa shape index (κ1) is 53.0. The van der Waals surface area contributed by atoms with Gasteiger partial charge in [0.15, 0.2) is 0 Å². The third-order valence-corrected chi connectivity index (χ3v) is 23.4. The van der Waals surface area contributed by atoms with Gasteiger partial charge in [-0.2, -0.15) is 0 Å². The smallest absolute Gasteiger partial charge is 0.252 e. The van der Waals surface area contributed by atoms with E-state index >= 15 is 0 Å². The highest BCUT2D eigenvalue weighted by atomic mass is 15.3. The van der Waals surface area contributed by atoms with Crippen LogP contribution in [0.15, 0.2) is 140 Å². The largest absolute Gasteiger partial charge is 0.334 e.